The molecule has 0 amide bonds. The van der Waals surface area contributed by atoms with Crippen molar-refractivity contribution in [3.05, 3.63) is 35.4 Å². The van der Waals surface area contributed by atoms with Gasteiger partial charge in [-0.2, -0.15) is 0 Å². The van der Waals surface area contributed by atoms with Crippen LogP contribution in [0.3, 0.4) is 0 Å². The van der Waals surface area contributed by atoms with Crippen molar-refractivity contribution in [3.8, 4) is 0 Å². The predicted octanol–water partition coefficient (Wildman–Crippen LogP) is 3.25. The van der Waals surface area contributed by atoms with Crippen LogP contribution in [0.5, 0.6) is 0 Å². The first kappa shape index (κ1) is 16.1. The Balaban J connectivity index is 0.00000147. The topological polar surface area (TPSA) is 6.48 Å². The van der Waals surface area contributed by atoms with E-state index in [2.05, 4.69) is 16.7 Å². The van der Waals surface area contributed by atoms with Crippen molar-refractivity contribution in [2.45, 2.75) is 38.4 Å². The number of piperazine rings is 1. The minimum atomic E-state index is -0.505. The average Bonchev–Trinajstić information content (AvgIpc) is 2.80. The maximum absolute atomic E-state index is 13.7. The molecule has 1 aromatic rings. The Morgan fingerprint density at radius 3 is 2.80 bits per heavy atom. The fraction of sp³-hybridized carbons (Fsp3) is 0.600. The molecule has 2 heterocycles. The van der Waals surface area contributed by atoms with Crippen LogP contribution in [0.1, 0.15) is 25.3 Å². The van der Waals surface area contributed by atoms with Gasteiger partial charge in [0.1, 0.15) is 11.6 Å². The number of hydrogen-bond acceptors (Lipinski definition) is 2. The van der Waals surface area contributed by atoms with Crippen LogP contribution >= 0.6 is 24.0 Å². The fourth-order valence-corrected chi connectivity index (χ4v) is 3.34. The molecular weight excluding hydrogens is 373 g/mol. The van der Waals surface area contributed by atoms with E-state index < -0.39 is 11.6 Å². The van der Waals surface area contributed by atoms with Gasteiger partial charge in [-0.1, -0.05) is 6.07 Å². The molecule has 5 heteroatoms. The van der Waals surface area contributed by atoms with Crippen molar-refractivity contribution in [1.29, 1.82) is 0 Å². The van der Waals surface area contributed by atoms with Crippen LogP contribution in [0, 0.1) is 11.6 Å². The van der Waals surface area contributed by atoms with Gasteiger partial charge in [0.25, 0.3) is 0 Å². The zero-order chi connectivity index (χ0) is 13.4. The number of nitrogens with zero attached hydrogens (tertiary/aromatic N) is 2. The molecule has 20 heavy (non-hydrogen) atoms. The number of hydrogen-bond donors (Lipinski definition) is 0. The summed E-state index contributed by atoms with van der Waals surface area (Å²) >= 11 is 0. The SMILES string of the molecule is CC1CN2CCCC2CN1Cc1ccc(F)cc1F.I. The third kappa shape index (κ3) is 3.31. The largest absolute Gasteiger partial charge is 0.298 e. The van der Waals surface area contributed by atoms with Gasteiger partial charge in [-0.05, 0) is 32.4 Å². The maximum Gasteiger partial charge on any atom is 0.130 e. The molecule has 3 rings (SSSR count). The first-order chi connectivity index (χ1) is 9.13. The fourth-order valence-electron chi connectivity index (χ4n) is 3.34. The molecule has 2 saturated heterocycles. The zero-order valence-corrected chi connectivity index (χ0v) is 14.0. The summed E-state index contributed by atoms with van der Waals surface area (Å²) in [5, 5.41) is 0. The second-order valence-electron chi connectivity index (χ2n) is 5.81. The summed E-state index contributed by atoms with van der Waals surface area (Å²) in [5.74, 6) is -0.934. The van der Waals surface area contributed by atoms with Gasteiger partial charge in [0.2, 0.25) is 0 Å². The Bertz CT molecular complexity index is 469. The van der Waals surface area contributed by atoms with E-state index in [1.807, 2.05) is 0 Å². The summed E-state index contributed by atoms with van der Waals surface area (Å²) in [5.41, 5.74) is 0.597. The Kier molecular flexibility index (Phi) is 5.36. The van der Waals surface area contributed by atoms with Gasteiger partial charge >= 0.3 is 0 Å². The van der Waals surface area contributed by atoms with Crippen LogP contribution in [-0.4, -0.2) is 41.5 Å². The van der Waals surface area contributed by atoms with Crippen molar-refractivity contribution in [1.82, 2.24) is 9.80 Å². The third-order valence-electron chi connectivity index (χ3n) is 4.45. The highest BCUT2D eigenvalue weighted by atomic mass is 127. The van der Waals surface area contributed by atoms with Crippen LogP contribution in [0.4, 0.5) is 8.78 Å². The lowest BCUT2D eigenvalue weighted by atomic mass is 10.1. The van der Waals surface area contributed by atoms with Crippen molar-refractivity contribution < 1.29 is 8.78 Å². The van der Waals surface area contributed by atoms with E-state index in [0.29, 0.717) is 24.2 Å². The average molecular weight is 394 g/mol. The molecule has 0 aliphatic carbocycles. The van der Waals surface area contributed by atoms with Crippen molar-refractivity contribution >= 4 is 24.0 Å². The molecule has 2 aliphatic rings. The van der Waals surface area contributed by atoms with Crippen LogP contribution in [0.2, 0.25) is 0 Å². The lowest BCUT2D eigenvalue weighted by Crippen LogP contribution is -2.54. The van der Waals surface area contributed by atoms with Crippen LogP contribution in [0.15, 0.2) is 18.2 Å². The van der Waals surface area contributed by atoms with Crippen molar-refractivity contribution in [3.63, 3.8) is 0 Å². The van der Waals surface area contributed by atoms with E-state index in [1.165, 1.54) is 25.5 Å². The van der Waals surface area contributed by atoms with E-state index >= 15 is 0 Å². The molecule has 112 valence electrons. The molecule has 2 nitrogen and oxygen atoms in total. The normalized spacial score (nSPS) is 27.1. The van der Waals surface area contributed by atoms with Gasteiger partial charge in [-0.3, -0.25) is 9.80 Å². The van der Waals surface area contributed by atoms with E-state index in [0.717, 1.165) is 19.2 Å². The van der Waals surface area contributed by atoms with Crippen molar-refractivity contribution in [2.24, 2.45) is 0 Å². The van der Waals surface area contributed by atoms with E-state index in [-0.39, 0.29) is 24.0 Å². The van der Waals surface area contributed by atoms with Gasteiger partial charge < -0.3 is 0 Å². The Hall–Kier alpha value is -0.270. The van der Waals surface area contributed by atoms with E-state index in [4.69, 9.17) is 0 Å². The molecule has 1 aromatic carbocycles. The van der Waals surface area contributed by atoms with Crippen molar-refractivity contribution in [2.75, 3.05) is 19.6 Å². The van der Waals surface area contributed by atoms with Crippen LogP contribution < -0.4 is 0 Å². The number of halogens is 3. The molecule has 0 saturated carbocycles. The third-order valence-corrected chi connectivity index (χ3v) is 4.45. The van der Waals surface area contributed by atoms with Gasteiger partial charge in [-0.15, -0.1) is 24.0 Å². The second kappa shape index (κ2) is 6.66. The summed E-state index contributed by atoms with van der Waals surface area (Å²) in [6.07, 6.45) is 2.52. The molecule has 2 unspecified atom stereocenters. The summed E-state index contributed by atoms with van der Waals surface area (Å²) in [7, 11) is 0. The molecule has 0 N–H and O–H groups in total. The van der Waals surface area contributed by atoms with Gasteiger partial charge in [0, 0.05) is 43.3 Å². The monoisotopic (exact) mass is 394 g/mol. The molecule has 2 atom stereocenters. The summed E-state index contributed by atoms with van der Waals surface area (Å²) < 4.78 is 26.6. The lowest BCUT2D eigenvalue weighted by Gasteiger charge is -2.42. The zero-order valence-electron chi connectivity index (χ0n) is 11.7. The summed E-state index contributed by atoms with van der Waals surface area (Å²) in [4.78, 5) is 4.87. The van der Waals surface area contributed by atoms with Gasteiger partial charge in [0.05, 0.1) is 0 Å². The number of rotatable bonds is 2. The van der Waals surface area contributed by atoms with E-state index in [9.17, 15) is 8.78 Å². The molecule has 0 bridgehead atoms. The molecule has 0 spiro atoms. The summed E-state index contributed by atoms with van der Waals surface area (Å²) in [6, 6.07) is 4.94. The van der Waals surface area contributed by atoms with E-state index in [1.54, 1.807) is 6.07 Å². The summed E-state index contributed by atoms with van der Waals surface area (Å²) in [6.45, 7) is 6.03. The Morgan fingerprint density at radius 2 is 2.05 bits per heavy atom. The first-order valence-corrected chi connectivity index (χ1v) is 7.05. The number of benzene rings is 1. The van der Waals surface area contributed by atoms with Gasteiger partial charge in [-0.25, -0.2) is 8.78 Å². The van der Waals surface area contributed by atoms with Crippen LogP contribution in [-0.2, 0) is 6.54 Å². The molecule has 2 fully saturated rings. The highest BCUT2D eigenvalue weighted by molar-refractivity contribution is 14.0. The quantitative estimate of drug-likeness (QED) is 0.711. The number of fused-ring (bicyclic) bond motifs is 1. The predicted molar refractivity (Wildman–Crippen MR) is 86.2 cm³/mol. The molecular formula is C15H21F2IN2. The standard InChI is InChI=1S/C15H20F2N2.HI/c1-11-8-18-6-2-3-14(18)10-19(11)9-12-4-5-13(16)7-15(12)17;/h4-5,7,11,14H,2-3,6,8-10H2,1H3;1H. The highest BCUT2D eigenvalue weighted by Gasteiger charge is 2.34. The molecule has 0 radical (unpaired) electrons. The first-order valence-electron chi connectivity index (χ1n) is 7.05. The Labute approximate surface area is 136 Å². The van der Waals surface area contributed by atoms with Gasteiger partial charge in [0.15, 0.2) is 0 Å². The smallest absolute Gasteiger partial charge is 0.130 e. The molecule has 0 aromatic heterocycles. The Morgan fingerprint density at radius 1 is 1.25 bits per heavy atom. The molecule has 2 aliphatic heterocycles. The highest BCUT2D eigenvalue weighted by Crippen LogP contribution is 2.26. The minimum Gasteiger partial charge on any atom is -0.298 e. The maximum atomic E-state index is 13.7. The second-order valence-corrected chi connectivity index (χ2v) is 5.81. The minimum absolute atomic E-state index is 0. The lowest BCUT2D eigenvalue weighted by molar-refractivity contribution is 0.0533. The van der Waals surface area contributed by atoms with Crippen LogP contribution in [0.25, 0.3) is 0 Å².